The number of nitrogens with one attached hydrogen (secondary N) is 2. The summed E-state index contributed by atoms with van der Waals surface area (Å²) in [6.45, 7) is 8.61. The normalized spacial score (nSPS) is 12.3. The molecule has 1 heterocycles. The van der Waals surface area contributed by atoms with E-state index in [0.29, 0.717) is 6.54 Å². The highest BCUT2D eigenvalue weighted by molar-refractivity contribution is 5.79. The molecular formula is C17H26N6. The van der Waals surface area contributed by atoms with Crippen molar-refractivity contribution in [2.24, 2.45) is 12.0 Å². The summed E-state index contributed by atoms with van der Waals surface area (Å²) in [6.07, 6.45) is 1.68. The Morgan fingerprint density at radius 1 is 1.22 bits per heavy atom. The Labute approximate surface area is 138 Å². The molecule has 0 saturated carbocycles. The molecule has 2 aromatic rings. The first kappa shape index (κ1) is 17.0. The van der Waals surface area contributed by atoms with Crippen molar-refractivity contribution in [2.75, 3.05) is 13.1 Å². The Kier molecular flexibility index (Phi) is 5.73. The lowest BCUT2D eigenvalue weighted by molar-refractivity contribution is 0.508. The van der Waals surface area contributed by atoms with Gasteiger partial charge in [-0.25, -0.2) is 4.99 Å². The first-order valence-electron chi connectivity index (χ1n) is 7.93. The average molecular weight is 314 g/mol. The van der Waals surface area contributed by atoms with Crippen LogP contribution in [0.25, 0.3) is 0 Å². The van der Waals surface area contributed by atoms with Crippen molar-refractivity contribution in [2.45, 2.75) is 32.7 Å². The van der Waals surface area contributed by atoms with Crippen LogP contribution in [0.1, 0.15) is 32.2 Å². The van der Waals surface area contributed by atoms with Gasteiger partial charge in [-0.3, -0.25) is 0 Å². The van der Waals surface area contributed by atoms with E-state index in [1.807, 2.05) is 17.7 Å². The largest absolute Gasteiger partial charge is 0.357 e. The van der Waals surface area contributed by atoms with Crippen molar-refractivity contribution in [1.29, 1.82) is 0 Å². The van der Waals surface area contributed by atoms with Crippen LogP contribution in [0, 0.1) is 0 Å². The molecule has 0 saturated heterocycles. The van der Waals surface area contributed by atoms with Gasteiger partial charge < -0.3 is 15.2 Å². The molecular weight excluding hydrogens is 288 g/mol. The molecule has 6 heteroatoms. The second-order valence-electron chi connectivity index (χ2n) is 6.16. The molecule has 0 spiro atoms. The van der Waals surface area contributed by atoms with Crippen molar-refractivity contribution in [3.8, 4) is 0 Å². The molecule has 0 unspecified atom stereocenters. The predicted octanol–water partition coefficient (Wildman–Crippen LogP) is 1.85. The Balaban J connectivity index is 2.00. The SMILES string of the molecule is CCNC(=NCc1nncn1C)NCC(C)(C)c1ccccc1. The van der Waals surface area contributed by atoms with Crippen molar-refractivity contribution in [3.05, 3.63) is 48.0 Å². The second-order valence-corrected chi connectivity index (χ2v) is 6.16. The number of aliphatic imine (C=N–C) groups is 1. The average Bonchev–Trinajstić information content (AvgIpc) is 2.96. The summed E-state index contributed by atoms with van der Waals surface area (Å²) in [5.41, 5.74) is 1.32. The molecule has 0 radical (unpaired) electrons. The summed E-state index contributed by atoms with van der Waals surface area (Å²) in [7, 11) is 1.92. The molecule has 0 atom stereocenters. The molecule has 23 heavy (non-hydrogen) atoms. The van der Waals surface area contributed by atoms with Crippen molar-refractivity contribution < 1.29 is 0 Å². The fraction of sp³-hybridized carbons (Fsp3) is 0.471. The molecule has 6 nitrogen and oxygen atoms in total. The Morgan fingerprint density at radius 2 is 1.96 bits per heavy atom. The van der Waals surface area contributed by atoms with Gasteiger partial charge in [-0.2, -0.15) is 0 Å². The lowest BCUT2D eigenvalue weighted by atomic mass is 9.85. The van der Waals surface area contributed by atoms with Gasteiger partial charge in [-0.15, -0.1) is 10.2 Å². The van der Waals surface area contributed by atoms with Crippen molar-refractivity contribution >= 4 is 5.96 Å². The zero-order valence-electron chi connectivity index (χ0n) is 14.4. The minimum absolute atomic E-state index is 0.0161. The van der Waals surface area contributed by atoms with Crippen molar-refractivity contribution in [3.63, 3.8) is 0 Å². The molecule has 0 aliphatic heterocycles. The molecule has 0 bridgehead atoms. The van der Waals surface area contributed by atoms with Gasteiger partial charge in [0.1, 0.15) is 12.9 Å². The predicted molar refractivity (Wildman–Crippen MR) is 93.3 cm³/mol. The Morgan fingerprint density at radius 3 is 2.57 bits per heavy atom. The van der Waals surface area contributed by atoms with Gasteiger partial charge in [-0.1, -0.05) is 44.2 Å². The third-order valence-corrected chi connectivity index (χ3v) is 3.78. The van der Waals surface area contributed by atoms with Crippen LogP contribution in [0.5, 0.6) is 0 Å². The van der Waals surface area contributed by atoms with Crippen LogP contribution < -0.4 is 10.6 Å². The smallest absolute Gasteiger partial charge is 0.191 e. The number of benzene rings is 1. The van der Waals surface area contributed by atoms with Crippen LogP contribution in [0.4, 0.5) is 0 Å². The molecule has 1 aromatic carbocycles. The van der Waals surface area contributed by atoms with E-state index in [9.17, 15) is 0 Å². The van der Waals surface area contributed by atoms with Crippen LogP contribution in [0.2, 0.25) is 0 Å². The third-order valence-electron chi connectivity index (χ3n) is 3.78. The molecule has 0 fully saturated rings. The number of nitrogens with zero attached hydrogens (tertiary/aromatic N) is 4. The highest BCUT2D eigenvalue weighted by Gasteiger charge is 2.20. The van der Waals surface area contributed by atoms with E-state index in [0.717, 1.165) is 24.9 Å². The van der Waals surface area contributed by atoms with E-state index < -0.39 is 0 Å². The highest BCUT2D eigenvalue weighted by Crippen LogP contribution is 2.21. The molecule has 0 aliphatic rings. The summed E-state index contributed by atoms with van der Waals surface area (Å²) in [5, 5.41) is 14.6. The van der Waals surface area contributed by atoms with E-state index in [2.05, 4.69) is 70.9 Å². The van der Waals surface area contributed by atoms with Crippen molar-refractivity contribution in [1.82, 2.24) is 25.4 Å². The maximum absolute atomic E-state index is 4.58. The Bertz CT molecular complexity index is 630. The fourth-order valence-electron chi connectivity index (χ4n) is 2.24. The molecule has 0 aliphatic carbocycles. The minimum Gasteiger partial charge on any atom is -0.357 e. The van der Waals surface area contributed by atoms with Gasteiger partial charge in [0.15, 0.2) is 11.8 Å². The summed E-state index contributed by atoms with van der Waals surface area (Å²) < 4.78 is 1.88. The number of aromatic nitrogens is 3. The van der Waals surface area contributed by atoms with E-state index in [4.69, 9.17) is 0 Å². The Hall–Kier alpha value is -2.37. The van der Waals surface area contributed by atoms with Gasteiger partial charge >= 0.3 is 0 Å². The number of hydrogen-bond donors (Lipinski definition) is 2. The highest BCUT2D eigenvalue weighted by atomic mass is 15.3. The minimum atomic E-state index is 0.0161. The zero-order valence-corrected chi connectivity index (χ0v) is 14.4. The summed E-state index contributed by atoms with van der Waals surface area (Å²) in [4.78, 5) is 4.58. The molecule has 124 valence electrons. The van der Waals surface area contributed by atoms with Crippen LogP contribution in [-0.2, 0) is 19.0 Å². The van der Waals surface area contributed by atoms with Crippen LogP contribution in [0.15, 0.2) is 41.7 Å². The first-order chi connectivity index (χ1) is 11.0. The van der Waals surface area contributed by atoms with Crippen LogP contribution in [-0.4, -0.2) is 33.8 Å². The third kappa shape index (κ3) is 4.81. The van der Waals surface area contributed by atoms with Gasteiger partial charge in [0, 0.05) is 25.6 Å². The van der Waals surface area contributed by atoms with E-state index in [-0.39, 0.29) is 5.41 Å². The maximum atomic E-state index is 4.58. The zero-order chi connectivity index (χ0) is 16.7. The fourth-order valence-corrected chi connectivity index (χ4v) is 2.24. The maximum Gasteiger partial charge on any atom is 0.191 e. The quantitative estimate of drug-likeness (QED) is 0.631. The second kappa shape index (κ2) is 7.76. The van der Waals surface area contributed by atoms with Gasteiger partial charge in [0.25, 0.3) is 0 Å². The summed E-state index contributed by atoms with van der Waals surface area (Å²) in [6, 6.07) is 10.5. The van der Waals surface area contributed by atoms with Crippen LogP contribution in [0.3, 0.4) is 0 Å². The number of rotatable bonds is 6. The molecule has 1 aromatic heterocycles. The number of hydrogen-bond acceptors (Lipinski definition) is 3. The first-order valence-corrected chi connectivity index (χ1v) is 7.93. The van der Waals surface area contributed by atoms with Gasteiger partial charge in [0.05, 0.1) is 0 Å². The number of aryl methyl sites for hydroxylation is 1. The standard InChI is InChI=1S/C17H26N6/c1-5-18-16(19-11-15-22-21-13-23(15)4)20-12-17(2,3)14-9-7-6-8-10-14/h6-10,13H,5,11-12H2,1-4H3,(H2,18,19,20). The van der Waals surface area contributed by atoms with Gasteiger partial charge in [-0.05, 0) is 12.5 Å². The summed E-state index contributed by atoms with van der Waals surface area (Å²) in [5.74, 6) is 1.63. The van der Waals surface area contributed by atoms with E-state index in [1.54, 1.807) is 6.33 Å². The lowest BCUT2D eigenvalue weighted by Crippen LogP contribution is -2.43. The number of guanidine groups is 1. The monoisotopic (exact) mass is 314 g/mol. The molecule has 2 N–H and O–H groups in total. The summed E-state index contributed by atoms with van der Waals surface area (Å²) >= 11 is 0. The topological polar surface area (TPSA) is 67.1 Å². The lowest BCUT2D eigenvalue weighted by Gasteiger charge is -2.26. The van der Waals surface area contributed by atoms with E-state index >= 15 is 0 Å². The van der Waals surface area contributed by atoms with Crippen LogP contribution >= 0.6 is 0 Å². The molecule has 2 rings (SSSR count). The van der Waals surface area contributed by atoms with E-state index in [1.165, 1.54) is 5.56 Å². The van der Waals surface area contributed by atoms with Gasteiger partial charge in [0.2, 0.25) is 0 Å². The molecule has 0 amide bonds.